The number of ether oxygens (including phenoxy) is 1. The van der Waals surface area contributed by atoms with Gasteiger partial charge in [0.2, 0.25) is 0 Å². The van der Waals surface area contributed by atoms with E-state index >= 15 is 0 Å². The minimum atomic E-state index is -0.721. The molecule has 0 bridgehead atoms. The molecule has 2 aromatic carbocycles. The monoisotopic (exact) mass is 327 g/mol. The molecule has 2 aromatic rings. The SMILES string of the molecule is NC(=O)[C@@H]1CN(C(=S)NCc2ccccc2)c2ccccc2O1. The van der Waals surface area contributed by atoms with Crippen LogP contribution in [0.4, 0.5) is 5.69 Å². The molecule has 1 aliphatic rings. The first kappa shape index (κ1) is 15.3. The smallest absolute Gasteiger partial charge is 0.260 e. The molecule has 0 aromatic heterocycles. The third-order valence-electron chi connectivity index (χ3n) is 3.62. The molecular weight excluding hydrogens is 310 g/mol. The third-order valence-corrected chi connectivity index (χ3v) is 3.99. The molecule has 1 amide bonds. The third kappa shape index (κ3) is 3.43. The zero-order valence-corrected chi connectivity index (χ0v) is 13.3. The predicted octanol–water partition coefficient (Wildman–Crippen LogP) is 1.81. The number of carbonyl (C=O) groups is 1. The zero-order chi connectivity index (χ0) is 16.2. The summed E-state index contributed by atoms with van der Waals surface area (Å²) >= 11 is 5.50. The van der Waals surface area contributed by atoms with Crippen LogP contribution >= 0.6 is 12.2 Å². The second-order valence-corrected chi connectivity index (χ2v) is 5.62. The van der Waals surface area contributed by atoms with Gasteiger partial charge in [-0.3, -0.25) is 4.79 Å². The van der Waals surface area contributed by atoms with E-state index in [4.69, 9.17) is 22.7 Å². The average Bonchev–Trinajstić information content (AvgIpc) is 2.59. The van der Waals surface area contributed by atoms with Crippen LogP contribution in [0.15, 0.2) is 54.6 Å². The Bertz CT molecular complexity index is 721. The summed E-state index contributed by atoms with van der Waals surface area (Å²) in [6.45, 7) is 0.910. The van der Waals surface area contributed by atoms with Crippen LogP contribution in [0.2, 0.25) is 0 Å². The Kier molecular flexibility index (Phi) is 4.43. The molecule has 0 saturated heterocycles. The molecule has 0 unspecified atom stereocenters. The number of hydrogen-bond donors (Lipinski definition) is 2. The molecule has 0 radical (unpaired) electrons. The highest BCUT2D eigenvalue weighted by Gasteiger charge is 2.30. The van der Waals surface area contributed by atoms with E-state index in [-0.39, 0.29) is 0 Å². The zero-order valence-electron chi connectivity index (χ0n) is 12.4. The van der Waals surface area contributed by atoms with Crippen molar-refractivity contribution in [2.75, 3.05) is 11.4 Å². The van der Waals surface area contributed by atoms with Crippen molar-refractivity contribution in [1.82, 2.24) is 5.32 Å². The van der Waals surface area contributed by atoms with E-state index in [0.717, 1.165) is 11.3 Å². The topological polar surface area (TPSA) is 67.6 Å². The number of anilines is 1. The molecule has 3 N–H and O–H groups in total. The van der Waals surface area contributed by atoms with Crippen LogP contribution in [-0.4, -0.2) is 23.7 Å². The number of rotatable bonds is 3. The van der Waals surface area contributed by atoms with Gasteiger partial charge in [-0.15, -0.1) is 0 Å². The van der Waals surface area contributed by atoms with Crippen LogP contribution in [0.5, 0.6) is 5.75 Å². The molecule has 5 nitrogen and oxygen atoms in total. The number of nitrogens with one attached hydrogen (secondary N) is 1. The summed E-state index contributed by atoms with van der Waals surface area (Å²) in [5.74, 6) is 0.0989. The lowest BCUT2D eigenvalue weighted by molar-refractivity contribution is -0.124. The summed E-state index contributed by atoms with van der Waals surface area (Å²) in [5, 5.41) is 3.76. The molecule has 1 atom stereocenters. The van der Waals surface area contributed by atoms with Gasteiger partial charge in [-0.25, -0.2) is 0 Å². The summed E-state index contributed by atoms with van der Waals surface area (Å²) in [6.07, 6.45) is -0.721. The number of fused-ring (bicyclic) bond motifs is 1. The van der Waals surface area contributed by atoms with E-state index in [1.165, 1.54) is 0 Å². The van der Waals surface area contributed by atoms with Gasteiger partial charge in [0.15, 0.2) is 11.2 Å². The number of carbonyl (C=O) groups excluding carboxylic acids is 1. The maximum absolute atomic E-state index is 11.5. The first-order valence-electron chi connectivity index (χ1n) is 7.29. The van der Waals surface area contributed by atoms with Gasteiger partial charge >= 0.3 is 0 Å². The van der Waals surface area contributed by atoms with E-state index in [0.29, 0.717) is 24.0 Å². The Balaban J connectivity index is 1.77. The van der Waals surface area contributed by atoms with Crippen molar-refractivity contribution in [2.24, 2.45) is 5.73 Å². The molecule has 0 spiro atoms. The molecule has 0 fully saturated rings. The average molecular weight is 327 g/mol. The molecule has 23 heavy (non-hydrogen) atoms. The molecular formula is C17H17N3O2S. The Morgan fingerprint density at radius 1 is 1.22 bits per heavy atom. The van der Waals surface area contributed by atoms with E-state index in [1.807, 2.05) is 53.4 Å². The molecule has 0 aliphatic carbocycles. The van der Waals surface area contributed by atoms with Crippen molar-refractivity contribution in [3.05, 3.63) is 60.2 Å². The minimum Gasteiger partial charge on any atom is -0.477 e. The van der Waals surface area contributed by atoms with Crippen LogP contribution < -0.4 is 20.7 Å². The quantitative estimate of drug-likeness (QED) is 0.842. The highest BCUT2D eigenvalue weighted by Crippen LogP contribution is 2.33. The maximum Gasteiger partial charge on any atom is 0.260 e. The fourth-order valence-corrected chi connectivity index (χ4v) is 2.69. The summed E-state index contributed by atoms with van der Waals surface area (Å²) in [4.78, 5) is 13.4. The number of nitrogens with two attached hydrogens (primary N) is 1. The first-order valence-corrected chi connectivity index (χ1v) is 7.70. The van der Waals surface area contributed by atoms with E-state index in [1.54, 1.807) is 6.07 Å². The van der Waals surface area contributed by atoms with Crippen LogP contribution in [0.25, 0.3) is 0 Å². The van der Waals surface area contributed by atoms with Crippen molar-refractivity contribution in [2.45, 2.75) is 12.6 Å². The van der Waals surface area contributed by atoms with Gasteiger partial charge in [-0.05, 0) is 29.9 Å². The van der Waals surface area contributed by atoms with Gasteiger partial charge < -0.3 is 20.7 Å². The summed E-state index contributed by atoms with van der Waals surface area (Å²) < 4.78 is 5.63. The molecule has 0 saturated carbocycles. The lowest BCUT2D eigenvalue weighted by Crippen LogP contribution is -2.51. The number of amides is 1. The number of primary amides is 1. The molecule has 118 valence electrons. The van der Waals surface area contributed by atoms with Crippen LogP contribution in [-0.2, 0) is 11.3 Å². The van der Waals surface area contributed by atoms with Gasteiger partial charge in [-0.2, -0.15) is 0 Å². The van der Waals surface area contributed by atoms with Crippen molar-refractivity contribution < 1.29 is 9.53 Å². The minimum absolute atomic E-state index is 0.299. The summed E-state index contributed by atoms with van der Waals surface area (Å²) in [5.41, 5.74) is 7.35. The van der Waals surface area contributed by atoms with Gasteiger partial charge in [-0.1, -0.05) is 42.5 Å². The predicted molar refractivity (Wildman–Crippen MR) is 93.3 cm³/mol. The van der Waals surface area contributed by atoms with E-state index in [2.05, 4.69) is 5.32 Å². The first-order chi connectivity index (χ1) is 11.1. The van der Waals surface area contributed by atoms with E-state index in [9.17, 15) is 4.79 Å². The fraction of sp³-hybridized carbons (Fsp3) is 0.176. The highest BCUT2D eigenvalue weighted by molar-refractivity contribution is 7.80. The van der Waals surface area contributed by atoms with Gasteiger partial charge in [0, 0.05) is 6.54 Å². The second kappa shape index (κ2) is 6.66. The van der Waals surface area contributed by atoms with Gasteiger partial charge in [0.1, 0.15) is 5.75 Å². The van der Waals surface area contributed by atoms with Crippen molar-refractivity contribution in [3.8, 4) is 5.75 Å². The largest absolute Gasteiger partial charge is 0.477 e. The van der Waals surface area contributed by atoms with Crippen LogP contribution in [0.3, 0.4) is 0 Å². The molecule has 1 aliphatic heterocycles. The van der Waals surface area contributed by atoms with Gasteiger partial charge in [0.25, 0.3) is 5.91 Å². The lowest BCUT2D eigenvalue weighted by Gasteiger charge is -2.35. The van der Waals surface area contributed by atoms with Crippen molar-refractivity contribution in [3.63, 3.8) is 0 Å². The number of nitrogens with zero attached hydrogens (tertiary/aromatic N) is 1. The number of benzene rings is 2. The van der Waals surface area contributed by atoms with Crippen LogP contribution in [0, 0.1) is 0 Å². The van der Waals surface area contributed by atoms with Crippen molar-refractivity contribution in [1.29, 1.82) is 0 Å². The van der Waals surface area contributed by atoms with E-state index < -0.39 is 12.0 Å². The Hall–Kier alpha value is -2.60. The standard InChI is InChI=1S/C17H17N3O2S/c18-16(21)15-11-20(13-8-4-5-9-14(13)22-15)17(23)19-10-12-6-2-1-3-7-12/h1-9,15H,10-11H2,(H2,18,21)(H,19,23)/t15-/m0/s1. The van der Waals surface area contributed by atoms with Crippen LogP contribution in [0.1, 0.15) is 5.56 Å². The number of hydrogen-bond acceptors (Lipinski definition) is 3. The molecule has 1 heterocycles. The van der Waals surface area contributed by atoms with Crippen molar-refractivity contribution >= 4 is 28.9 Å². The summed E-state index contributed by atoms with van der Waals surface area (Å²) in [7, 11) is 0. The second-order valence-electron chi connectivity index (χ2n) is 5.23. The fourth-order valence-electron chi connectivity index (χ4n) is 2.44. The lowest BCUT2D eigenvalue weighted by atomic mass is 10.2. The Morgan fingerprint density at radius 3 is 2.65 bits per heavy atom. The maximum atomic E-state index is 11.5. The number of thiocarbonyl (C=S) groups is 1. The highest BCUT2D eigenvalue weighted by atomic mass is 32.1. The number of para-hydroxylation sites is 2. The normalized spacial score (nSPS) is 16.2. The summed E-state index contributed by atoms with van der Waals surface area (Å²) in [6, 6.07) is 17.4. The van der Waals surface area contributed by atoms with Gasteiger partial charge in [0.05, 0.1) is 12.2 Å². The Labute approximate surface area is 140 Å². The molecule has 6 heteroatoms. The Morgan fingerprint density at radius 2 is 1.91 bits per heavy atom. The molecule has 3 rings (SSSR count).